The van der Waals surface area contributed by atoms with Crippen LogP contribution in [0.2, 0.25) is 0 Å². The zero-order chi connectivity index (χ0) is 32.9. The molecule has 0 atom stereocenters. The highest BCUT2D eigenvalue weighted by atomic mass is 32.2. The third-order valence-electron chi connectivity index (χ3n) is 7.36. The molecule has 14 nitrogen and oxygen atoms in total. The number of sulfonamides is 1. The Labute approximate surface area is 268 Å². The summed E-state index contributed by atoms with van der Waals surface area (Å²) in [5.74, 6) is 2.76. The number of carbonyl (C=O) groups excluding carboxylic acids is 1. The maximum absolute atomic E-state index is 12.6. The van der Waals surface area contributed by atoms with E-state index in [1.807, 2.05) is 20.8 Å². The molecule has 2 aromatic heterocycles. The normalized spacial score (nSPS) is 14.6. The van der Waals surface area contributed by atoms with Gasteiger partial charge in [0.05, 0.1) is 30.9 Å². The van der Waals surface area contributed by atoms with Crippen LogP contribution >= 0.6 is 0 Å². The molecule has 5 rings (SSSR count). The average Bonchev–Trinajstić information content (AvgIpc) is 3.48. The van der Waals surface area contributed by atoms with Gasteiger partial charge in [0, 0.05) is 62.0 Å². The Bertz CT molecular complexity index is 1780. The third kappa shape index (κ3) is 8.41. The van der Waals surface area contributed by atoms with Crippen LogP contribution in [0.5, 0.6) is 23.1 Å². The van der Waals surface area contributed by atoms with Crippen LogP contribution in [0.4, 0.5) is 16.3 Å². The molecule has 1 fully saturated rings. The first-order chi connectivity index (χ1) is 21.9. The maximum Gasteiger partial charge on any atom is 0.324 e. The largest absolute Gasteiger partial charge is 0.493 e. The molecule has 0 spiro atoms. The molecular weight excluding hydrogens is 614 g/mol. The summed E-state index contributed by atoms with van der Waals surface area (Å²) in [5.41, 5.74) is 0.865. The zero-order valence-electron chi connectivity index (χ0n) is 26.6. The summed E-state index contributed by atoms with van der Waals surface area (Å²) in [6.45, 7) is 9.55. The number of fused-ring (bicyclic) bond motifs is 1. The SMILES string of the molecule is COc1cc2ncnc(Oc3cccc(NC(=O)Nc4cc(C(C)(C)C)on4)c3)c2cc1OCCCN1CCN(S(C)(=O)=O)CC1. The number of nitrogens with zero attached hydrogens (tertiary/aromatic N) is 5. The molecule has 1 saturated heterocycles. The molecule has 0 aliphatic carbocycles. The second-order valence-corrected chi connectivity index (χ2v) is 13.9. The van der Waals surface area contributed by atoms with E-state index in [9.17, 15) is 13.2 Å². The molecule has 0 saturated carbocycles. The van der Waals surface area contributed by atoms with Gasteiger partial charge in [-0.25, -0.2) is 23.2 Å². The Kier molecular flexibility index (Phi) is 9.94. The minimum atomic E-state index is -3.16. The van der Waals surface area contributed by atoms with Crippen molar-refractivity contribution in [2.75, 3.05) is 63.3 Å². The van der Waals surface area contributed by atoms with Crippen molar-refractivity contribution in [3.63, 3.8) is 0 Å². The maximum atomic E-state index is 12.6. The lowest BCUT2D eigenvalue weighted by atomic mass is 9.93. The number of hydrogen-bond donors (Lipinski definition) is 2. The molecule has 2 aromatic carbocycles. The van der Waals surface area contributed by atoms with Crippen molar-refractivity contribution in [3.8, 4) is 23.1 Å². The lowest BCUT2D eigenvalue weighted by Crippen LogP contribution is -2.48. The number of benzene rings is 2. The Morgan fingerprint density at radius 3 is 2.50 bits per heavy atom. The molecule has 3 heterocycles. The average molecular weight is 654 g/mol. The quantitative estimate of drug-likeness (QED) is 0.216. The number of hydrogen-bond acceptors (Lipinski definition) is 11. The molecule has 2 N–H and O–H groups in total. The molecule has 0 radical (unpaired) electrons. The van der Waals surface area contributed by atoms with Crippen LogP contribution < -0.4 is 24.8 Å². The zero-order valence-corrected chi connectivity index (χ0v) is 27.4. The number of aromatic nitrogens is 3. The van der Waals surface area contributed by atoms with Gasteiger partial charge >= 0.3 is 6.03 Å². The third-order valence-corrected chi connectivity index (χ3v) is 8.66. The predicted molar refractivity (Wildman–Crippen MR) is 173 cm³/mol. The van der Waals surface area contributed by atoms with Crippen LogP contribution in [0, 0.1) is 0 Å². The molecule has 0 unspecified atom stereocenters. The number of anilines is 2. The molecular formula is C31H39N7O7S. The number of methoxy groups -OCH3 is 1. The number of urea groups is 1. The van der Waals surface area contributed by atoms with Crippen LogP contribution in [-0.4, -0.2) is 91.5 Å². The van der Waals surface area contributed by atoms with Gasteiger partial charge in [0.1, 0.15) is 17.8 Å². The number of amides is 2. The van der Waals surface area contributed by atoms with Crippen molar-refractivity contribution >= 4 is 38.5 Å². The Morgan fingerprint density at radius 1 is 1.02 bits per heavy atom. The molecule has 246 valence electrons. The smallest absolute Gasteiger partial charge is 0.324 e. The van der Waals surface area contributed by atoms with Gasteiger partial charge in [-0.15, -0.1) is 0 Å². The standard InChI is InChI=1S/C31H39N7O7S/c1-31(2,3)27-19-28(36-45-27)35-30(39)34-21-8-6-9-22(16-21)44-29-23-17-26(25(42-4)18-24(23)32-20-33-29)43-15-7-10-37-11-13-38(14-12-37)46(5,40)41/h6,8-9,16-20H,7,10-15H2,1-5H3,(H2,34,35,36,39). The van der Waals surface area contributed by atoms with Crippen molar-refractivity contribution in [2.45, 2.75) is 32.6 Å². The molecule has 2 amide bonds. The van der Waals surface area contributed by atoms with Gasteiger partial charge in [0.25, 0.3) is 0 Å². The van der Waals surface area contributed by atoms with Gasteiger partial charge in [0.15, 0.2) is 17.3 Å². The van der Waals surface area contributed by atoms with Crippen molar-refractivity contribution < 1.29 is 31.9 Å². The van der Waals surface area contributed by atoms with Gasteiger partial charge in [-0.05, 0) is 24.6 Å². The molecule has 0 bridgehead atoms. The fourth-order valence-corrected chi connectivity index (χ4v) is 5.69. The highest BCUT2D eigenvalue weighted by Crippen LogP contribution is 2.36. The van der Waals surface area contributed by atoms with Crippen molar-refractivity contribution in [3.05, 3.63) is 54.6 Å². The number of ether oxygens (including phenoxy) is 3. The summed E-state index contributed by atoms with van der Waals surface area (Å²) in [6, 6.07) is 11.7. The monoisotopic (exact) mass is 653 g/mol. The molecule has 1 aliphatic rings. The first kappa shape index (κ1) is 32.9. The minimum absolute atomic E-state index is 0.237. The van der Waals surface area contributed by atoms with E-state index in [2.05, 4.69) is 30.7 Å². The Hall–Kier alpha value is -4.47. The predicted octanol–water partition coefficient (Wildman–Crippen LogP) is 4.71. The minimum Gasteiger partial charge on any atom is -0.493 e. The highest BCUT2D eigenvalue weighted by Gasteiger charge is 2.23. The van der Waals surface area contributed by atoms with Gasteiger partial charge < -0.3 is 29.0 Å². The van der Waals surface area contributed by atoms with Crippen LogP contribution in [0.15, 0.2) is 53.3 Å². The molecule has 15 heteroatoms. The topological polar surface area (TPSA) is 161 Å². The summed E-state index contributed by atoms with van der Waals surface area (Å²) in [4.78, 5) is 23.6. The first-order valence-corrected chi connectivity index (χ1v) is 16.7. The van der Waals surface area contributed by atoms with Crippen molar-refractivity contribution in [1.29, 1.82) is 0 Å². The van der Waals surface area contributed by atoms with Crippen LogP contribution in [-0.2, 0) is 15.4 Å². The number of piperazine rings is 1. The molecule has 1 aliphatic heterocycles. The van der Waals surface area contributed by atoms with Crippen LogP contribution in [0.25, 0.3) is 10.9 Å². The lowest BCUT2D eigenvalue weighted by Gasteiger charge is -2.33. The Balaban J connectivity index is 1.21. The van der Waals surface area contributed by atoms with Crippen LogP contribution in [0.3, 0.4) is 0 Å². The van der Waals surface area contributed by atoms with Crippen LogP contribution in [0.1, 0.15) is 33.0 Å². The van der Waals surface area contributed by atoms with E-state index in [0.717, 1.165) is 13.0 Å². The number of nitrogens with one attached hydrogen (secondary N) is 2. The van der Waals surface area contributed by atoms with E-state index >= 15 is 0 Å². The van der Waals surface area contributed by atoms with Crippen molar-refractivity contribution in [1.82, 2.24) is 24.3 Å². The van der Waals surface area contributed by atoms with E-state index < -0.39 is 16.1 Å². The van der Waals surface area contributed by atoms with E-state index in [1.54, 1.807) is 49.6 Å². The van der Waals surface area contributed by atoms with E-state index in [1.165, 1.54) is 16.9 Å². The summed E-state index contributed by atoms with van der Waals surface area (Å²) >= 11 is 0. The summed E-state index contributed by atoms with van der Waals surface area (Å²) < 4.78 is 48.2. The first-order valence-electron chi connectivity index (χ1n) is 14.9. The number of carbonyl (C=O) groups is 1. The van der Waals surface area contributed by atoms with Gasteiger partial charge in [-0.2, -0.15) is 4.31 Å². The summed E-state index contributed by atoms with van der Waals surface area (Å²) in [6.07, 6.45) is 3.39. The van der Waals surface area contributed by atoms with Gasteiger partial charge in [-0.1, -0.05) is 32.0 Å². The fourth-order valence-electron chi connectivity index (χ4n) is 4.86. The van der Waals surface area contributed by atoms with Gasteiger partial charge in [-0.3, -0.25) is 5.32 Å². The molecule has 4 aromatic rings. The molecule has 46 heavy (non-hydrogen) atoms. The van der Waals surface area contributed by atoms with Crippen molar-refractivity contribution in [2.24, 2.45) is 0 Å². The summed E-state index contributed by atoms with van der Waals surface area (Å²) in [7, 11) is -1.59. The lowest BCUT2D eigenvalue weighted by molar-refractivity contribution is 0.174. The van der Waals surface area contributed by atoms with E-state index in [-0.39, 0.29) is 5.41 Å². The second kappa shape index (κ2) is 13.9. The summed E-state index contributed by atoms with van der Waals surface area (Å²) in [5, 5.41) is 9.98. The van der Waals surface area contributed by atoms with E-state index in [4.69, 9.17) is 18.7 Å². The Morgan fingerprint density at radius 2 is 1.80 bits per heavy atom. The number of rotatable bonds is 11. The van der Waals surface area contributed by atoms with Gasteiger partial charge in [0.2, 0.25) is 15.9 Å². The highest BCUT2D eigenvalue weighted by molar-refractivity contribution is 7.88. The van der Waals surface area contributed by atoms with E-state index in [0.29, 0.717) is 84.1 Å². The second-order valence-electron chi connectivity index (χ2n) is 11.9. The fraction of sp³-hybridized carbons (Fsp3) is 0.419.